The average Bonchev–Trinajstić information content (AvgIpc) is 2.36. The Kier molecular flexibility index (Phi) is 2.44. The molecule has 0 spiro atoms. The number of aromatic nitrogens is 1. The van der Waals surface area contributed by atoms with E-state index in [-0.39, 0.29) is 6.04 Å². The minimum absolute atomic E-state index is 0.0788. The van der Waals surface area contributed by atoms with E-state index in [1.54, 1.807) is 19.3 Å². The van der Waals surface area contributed by atoms with Gasteiger partial charge in [0.05, 0.1) is 11.7 Å². The van der Waals surface area contributed by atoms with E-state index in [1.807, 2.05) is 0 Å². The number of hydrogen-bond acceptors (Lipinski definition) is 3. The van der Waals surface area contributed by atoms with E-state index in [9.17, 15) is 0 Å². The number of nitrogens with two attached hydrogens (primary N) is 1. The van der Waals surface area contributed by atoms with Crippen LogP contribution in [0.15, 0.2) is 23.3 Å². The summed E-state index contributed by atoms with van der Waals surface area (Å²) < 4.78 is 5.01. The Labute approximate surface area is 65.9 Å². The summed E-state index contributed by atoms with van der Waals surface area (Å²) in [6.07, 6.45) is 4.09. The van der Waals surface area contributed by atoms with Crippen LogP contribution < -0.4 is 5.73 Å². The summed E-state index contributed by atoms with van der Waals surface area (Å²) in [5.41, 5.74) is 6.52. The van der Waals surface area contributed by atoms with E-state index in [4.69, 9.17) is 10.2 Å². The van der Waals surface area contributed by atoms with Gasteiger partial charge >= 0.3 is 0 Å². The van der Waals surface area contributed by atoms with Crippen LogP contribution in [0.1, 0.15) is 24.0 Å². The van der Waals surface area contributed by atoms with Gasteiger partial charge in [0, 0.05) is 6.92 Å². The van der Waals surface area contributed by atoms with Gasteiger partial charge in [0.2, 0.25) is 0 Å². The fourth-order valence-corrected chi connectivity index (χ4v) is 0.851. The van der Waals surface area contributed by atoms with Gasteiger partial charge in [-0.2, -0.15) is 0 Å². The van der Waals surface area contributed by atoms with Crippen LogP contribution in [0, 0.1) is 6.92 Å². The van der Waals surface area contributed by atoms with Crippen molar-refractivity contribution in [3.05, 3.63) is 30.5 Å². The second-order valence-corrected chi connectivity index (χ2v) is 2.42. The number of aryl methyl sites for hydroxylation is 1. The van der Waals surface area contributed by atoms with Gasteiger partial charge in [-0.1, -0.05) is 6.08 Å². The predicted molar refractivity (Wildman–Crippen MR) is 43.0 cm³/mol. The minimum atomic E-state index is -0.0788. The summed E-state index contributed by atoms with van der Waals surface area (Å²) in [5, 5.41) is 0. The van der Waals surface area contributed by atoms with E-state index in [0.29, 0.717) is 5.89 Å². The highest BCUT2D eigenvalue weighted by Crippen LogP contribution is 2.12. The average molecular weight is 152 g/mol. The first kappa shape index (κ1) is 8.01. The van der Waals surface area contributed by atoms with Crippen molar-refractivity contribution in [2.45, 2.75) is 19.4 Å². The third-order valence-corrected chi connectivity index (χ3v) is 1.44. The molecule has 60 valence electrons. The molecule has 1 heterocycles. The summed E-state index contributed by atoms with van der Waals surface area (Å²) in [4.78, 5) is 4.09. The second kappa shape index (κ2) is 3.34. The van der Waals surface area contributed by atoms with Gasteiger partial charge in [-0.3, -0.25) is 0 Å². The third kappa shape index (κ3) is 1.91. The summed E-state index contributed by atoms with van der Waals surface area (Å²) in [5.74, 6) is 0.652. The summed E-state index contributed by atoms with van der Waals surface area (Å²) >= 11 is 0. The van der Waals surface area contributed by atoms with E-state index >= 15 is 0 Å². The van der Waals surface area contributed by atoms with Crippen LogP contribution in [-0.2, 0) is 0 Å². The molecule has 0 aliphatic carbocycles. The molecule has 3 heteroatoms. The van der Waals surface area contributed by atoms with Gasteiger partial charge in [-0.05, 0) is 6.42 Å². The van der Waals surface area contributed by atoms with Crippen molar-refractivity contribution >= 4 is 0 Å². The highest BCUT2D eigenvalue weighted by atomic mass is 16.3. The Hall–Kier alpha value is -1.09. The van der Waals surface area contributed by atoms with Crippen LogP contribution in [0.3, 0.4) is 0 Å². The first-order chi connectivity index (χ1) is 5.24. The quantitative estimate of drug-likeness (QED) is 0.668. The third-order valence-electron chi connectivity index (χ3n) is 1.44. The molecule has 0 aliphatic heterocycles. The van der Waals surface area contributed by atoms with Crippen molar-refractivity contribution in [2.24, 2.45) is 5.73 Å². The zero-order valence-electron chi connectivity index (χ0n) is 6.58. The lowest BCUT2D eigenvalue weighted by atomic mass is 10.2. The number of hydrogen-bond donors (Lipinski definition) is 1. The first-order valence-corrected chi connectivity index (χ1v) is 3.52. The SMILES string of the molecule is C=CCC(N)c1coc(C)n1. The molecule has 0 aliphatic rings. The zero-order chi connectivity index (χ0) is 8.27. The minimum Gasteiger partial charge on any atom is -0.449 e. The highest BCUT2D eigenvalue weighted by Gasteiger charge is 2.07. The maximum Gasteiger partial charge on any atom is 0.191 e. The molecule has 0 amide bonds. The Morgan fingerprint density at radius 3 is 3.09 bits per heavy atom. The van der Waals surface area contributed by atoms with Crippen molar-refractivity contribution in [1.29, 1.82) is 0 Å². The number of rotatable bonds is 3. The molecule has 0 fully saturated rings. The second-order valence-electron chi connectivity index (χ2n) is 2.42. The van der Waals surface area contributed by atoms with Crippen LogP contribution in [0.2, 0.25) is 0 Å². The Morgan fingerprint density at radius 1 is 1.91 bits per heavy atom. The normalized spacial score (nSPS) is 12.9. The lowest BCUT2D eigenvalue weighted by molar-refractivity contribution is 0.519. The van der Waals surface area contributed by atoms with Gasteiger partial charge in [0.25, 0.3) is 0 Å². The largest absolute Gasteiger partial charge is 0.449 e. The number of nitrogens with zero attached hydrogens (tertiary/aromatic N) is 1. The summed E-state index contributed by atoms with van der Waals surface area (Å²) in [6.45, 7) is 5.39. The van der Waals surface area contributed by atoms with Crippen molar-refractivity contribution in [3.63, 3.8) is 0 Å². The van der Waals surface area contributed by atoms with Gasteiger partial charge in [-0.15, -0.1) is 6.58 Å². The fraction of sp³-hybridized carbons (Fsp3) is 0.375. The van der Waals surface area contributed by atoms with Gasteiger partial charge in [-0.25, -0.2) is 4.98 Å². The topological polar surface area (TPSA) is 52.0 Å². The first-order valence-electron chi connectivity index (χ1n) is 3.52. The molecule has 1 aromatic rings. The smallest absolute Gasteiger partial charge is 0.191 e. The molecular weight excluding hydrogens is 140 g/mol. The van der Waals surface area contributed by atoms with Crippen molar-refractivity contribution in [1.82, 2.24) is 4.98 Å². The van der Waals surface area contributed by atoms with Crippen LogP contribution in [0.25, 0.3) is 0 Å². The van der Waals surface area contributed by atoms with Gasteiger partial charge in [0.15, 0.2) is 5.89 Å². The molecule has 0 saturated carbocycles. The van der Waals surface area contributed by atoms with Crippen LogP contribution >= 0.6 is 0 Å². The Morgan fingerprint density at radius 2 is 2.64 bits per heavy atom. The zero-order valence-corrected chi connectivity index (χ0v) is 6.58. The van der Waals surface area contributed by atoms with E-state index in [2.05, 4.69) is 11.6 Å². The molecule has 0 bridgehead atoms. The molecule has 0 radical (unpaired) electrons. The van der Waals surface area contributed by atoms with E-state index in [1.165, 1.54) is 0 Å². The van der Waals surface area contributed by atoms with Gasteiger partial charge < -0.3 is 10.2 Å². The summed E-state index contributed by atoms with van der Waals surface area (Å²) in [7, 11) is 0. The molecule has 3 nitrogen and oxygen atoms in total. The van der Waals surface area contributed by atoms with Crippen LogP contribution in [0.4, 0.5) is 0 Å². The molecule has 2 N–H and O–H groups in total. The van der Waals surface area contributed by atoms with Crippen LogP contribution in [-0.4, -0.2) is 4.98 Å². The lowest BCUT2D eigenvalue weighted by Crippen LogP contribution is -2.09. The molecule has 1 rings (SSSR count). The monoisotopic (exact) mass is 152 g/mol. The molecular formula is C8H12N2O. The lowest BCUT2D eigenvalue weighted by Gasteiger charge is -2.01. The molecule has 1 atom stereocenters. The molecule has 0 aromatic carbocycles. The van der Waals surface area contributed by atoms with Gasteiger partial charge in [0.1, 0.15) is 6.26 Å². The van der Waals surface area contributed by atoms with E-state index < -0.39 is 0 Å². The van der Waals surface area contributed by atoms with Crippen molar-refractivity contribution in [2.75, 3.05) is 0 Å². The predicted octanol–water partition coefficient (Wildman–Crippen LogP) is 1.56. The summed E-state index contributed by atoms with van der Waals surface area (Å²) in [6, 6.07) is -0.0788. The standard InChI is InChI=1S/C8H12N2O/c1-3-4-7(9)8-5-11-6(2)10-8/h3,5,7H,1,4,9H2,2H3. The van der Waals surface area contributed by atoms with Crippen LogP contribution in [0.5, 0.6) is 0 Å². The maximum atomic E-state index is 5.73. The fourth-order valence-electron chi connectivity index (χ4n) is 0.851. The van der Waals surface area contributed by atoms with Crippen molar-refractivity contribution in [3.8, 4) is 0 Å². The van der Waals surface area contributed by atoms with Crippen molar-refractivity contribution < 1.29 is 4.42 Å². The Balaban J connectivity index is 2.67. The highest BCUT2D eigenvalue weighted by molar-refractivity contribution is 5.03. The maximum absolute atomic E-state index is 5.73. The molecule has 1 aromatic heterocycles. The van der Waals surface area contributed by atoms with E-state index in [0.717, 1.165) is 12.1 Å². The molecule has 11 heavy (non-hydrogen) atoms. The molecule has 0 saturated heterocycles. The Bertz CT molecular complexity index is 242. The number of oxazole rings is 1. The molecule has 1 unspecified atom stereocenters.